The molecule has 0 bridgehead atoms. The Morgan fingerprint density at radius 2 is 2.13 bits per heavy atom. The van der Waals surface area contributed by atoms with E-state index in [9.17, 15) is 9.18 Å². The van der Waals surface area contributed by atoms with E-state index in [0.717, 1.165) is 5.56 Å². The highest BCUT2D eigenvalue weighted by Crippen LogP contribution is 2.51. The molecule has 0 aromatic heterocycles. The van der Waals surface area contributed by atoms with E-state index in [2.05, 4.69) is 0 Å². The molecule has 2 atom stereocenters. The lowest BCUT2D eigenvalue weighted by Crippen LogP contribution is -2.26. The second-order valence-electron chi connectivity index (χ2n) is 3.73. The summed E-state index contributed by atoms with van der Waals surface area (Å²) >= 11 is 0. The van der Waals surface area contributed by atoms with E-state index < -0.39 is 17.6 Å². The average Bonchev–Trinajstić information content (AvgIpc) is 2.93. The van der Waals surface area contributed by atoms with Gasteiger partial charge in [0.25, 0.3) is 0 Å². The van der Waals surface area contributed by atoms with Crippen LogP contribution in [0.2, 0.25) is 0 Å². The topological polar surface area (TPSA) is 26.3 Å². The van der Waals surface area contributed by atoms with Gasteiger partial charge in [-0.2, -0.15) is 0 Å². The fraction of sp³-hybridized carbons (Fsp3) is 0.417. The third kappa shape index (κ3) is 1.52. The van der Waals surface area contributed by atoms with E-state index in [1.807, 2.05) is 6.07 Å². The van der Waals surface area contributed by atoms with Crippen LogP contribution in [0.1, 0.15) is 18.9 Å². The van der Waals surface area contributed by atoms with Gasteiger partial charge < -0.3 is 4.74 Å². The molecular formula is C12H13FO2. The van der Waals surface area contributed by atoms with Crippen LogP contribution in [0.3, 0.4) is 0 Å². The van der Waals surface area contributed by atoms with E-state index >= 15 is 0 Å². The SMILES string of the molecule is CCOC(=O)[C@@]1(c2ccccc2)C[C@@H]1F. The van der Waals surface area contributed by atoms with Crippen molar-refractivity contribution in [2.45, 2.75) is 24.9 Å². The van der Waals surface area contributed by atoms with Crippen LogP contribution in [-0.4, -0.2) is 18.7 Å². The largest absolute Gasteiger partial charge is 0.465 e. The molecule has 0 heterocycles. The Balaban J connectivity index is 2.28. The summed E-state index contributed by atoms with van der Waals surface area (Å²) in [5.41, 5.74) is -0.298. The zero-order valence-electron chi connectivity index (χ0n) is 8.57. The molecule has 0 radical (unpaired) electrons. The summed E-state index contributed by atoms with van der Waals surface area (Å²) < 4.78 is 18.3. The van der Waals surface area contributed by atoms with Crippen molar-refractivity contribution in [2.75, 3.05) is 6.61 Å². The third-order valence-electron chi connectivity index (χ3n) is 2.80. The number of benzene rings is 1. The molecule has 0 unspecified atom stereocenters. The zero-order chi connectivity index (χ0) is 10.9. The summed E-state index contributed by atoms with van der Waals surface area (Å²) in [4.78, 5) is 11.7. The standard InChI is InChI=1S/C12H13FO2/c1-2-15-11(14)12(8-10(12)13)9-6-4-3-5-7-9/h3-7,10H,2,8H2,1H3/t10-,12+/m0/s1. The van der Waals surface area contributed by atoms with Gasteiger partial charge in [-0.15, -0.1) is 0 Å². The van der Waals surface area contributed by atoms with E-state index in [0.29, 0.717) is 6.61 Å². The number of hydrogen-bond donors (Lipinski definition) is 0. The predicted molar refractivity (Wildman–Crippen MR) is 54.3 cm³/mol. The first-order chi connectivity index (χ1) is 7.21. The van der Waals surface area contributed by atoms with Gasteiger partial charge >= 0.3 is 5.97 Å². The van der Waals surface area contributed by atoms with Gasteiger partial charge in [0.2, 0.25) is 0 Å². The molecule has 2 rings (SSSR count). The van der Waals surface area contributed by atoms with Crippen LogP contribution in [0.5, 0.6) is 0 Å². The highest BCUT2D eigenvalue weighted by atomic mass is 19.1. The minimum Gasteiger partial charge on any atom is -0.465 e. The Bertz CT molecular complexity index is 363. The number of hydrogen-bond acceptors (Lipinski definition) is 2. The minimum atomic E-state index is -1.10. The molecule has 2 nitrogen and oxygen atoms in total. The van der Waals surface area contributed by atoms with Crippen molar-refractivity contribution in [3.63, 3.8) is 0 Å². The van der Waals surface area contributed by atoms with Crippen molar-refractivity contribution in [1.29, 1.82) is 0 Å². The predicted octanol–water partition coefficient (Wildman–Crippen LogP) is 2.23. The number of carbonyl (C=O) groups excluding carboxylic acids is 1. The maximum atomic E-state index is 13.4. The lowest BCUT2D eigenvalue weighted by molar-refractivity contribution is -0.146. The average molecular weight is 208 g/mol. The summed E-state index contributed by atoms with van der Waals surface area (Å²) in [6, 6.07) is 9.01. The lowest BCUT2D eigenvalue weighted by atomic mass is 9.96. The van der Waals surface area contributed by atoms with Crippen molar-refractivity contribution < 1.29 is 13.9 Å². The van der Waals surface area contributed by atoms with Gasteiger partial charge in [0.1, 0.15) is 11.6 Å². The van der Waals surface area contributed by atoms with Crippen LogP contribution in [0.25, 0.3) is 0 Å². The quantitative estimate of drug-likeness (QED) is 0.712. The molecule has 0 aliphatic heterocycles. The van der Waals surface area contributed by atoms with E-state index in [4.69, 9.17) is 4.74 Å². The Hall–Kier alpha value is -1.38. The van der Waals surface area contributed by atoms with Crippen molar-refractivity contribution in [1.82, 2.24) is 0 Å². The van der Waals surface area contributed by atoms with E-state index in [1.54, 1.807) is 31.2 Å². The Morgan fingerprint density at radius 1 is 1.53 bits per heavy atom. The number of halogens is 1. The molecule has 0 saturated heterocycles. The number of alkyl halides is 1. The molecule has 0 amide bonds. The normalized spacial score (nSPS) is 28.5. The first kappa shape index (κ1) is 10.1. The van der Waals surface area contributed by atoms with Gasteiger partial charge in [0.15, 0.2) is 0 Å². The van der Waals surface area contributed by atoms with E-state index in [-0.39, 0.29) is 6.42 Å². The minimum absolute atomic E-state index is 0.246. The van der Waals surface area contributed by atoms with Crippen LogP contribution >= 0.6 is 0 Å². The maximum absolute atomic E-state index is 13.4. The molecular weight excluding hydrogens is 195 g/mol. The first-order valence-corrected chi connectivity index (χ1v) is 5.08. The molecule has 80 valence electrons. The first-order valence-electron chi connectivity index (χ1n) is 5.08. The van der Waals surface area contributed by atoms with Gasteiger partial charge in [0, 0.05) is 6.42 Å². The molecule has 1 saturated carbocycles. The fourth-order valence-electron chi connectivity index (χ4n) is 1.85. The van der Waals surface area contributed by atoms with Crippen LogP contribution in [0, 0.1) is 0 Å². The summed E-state index contributed by atoms with van der Waals surface area (Å²) in [5, 5.41) is 0. The molecule has 1 aromatic carbocycles. The lowest BCUT2D eigenvalue weighted by Gasteiger charge is -2.13. The van der Waals surface area contributed by atoms with Crippen molar-refractivity contribution in [2.24, 2.45) is 0 Å². The third-order valence-corrected chi connectivity index (χ3v) is 2.80. The number of ether oxygens (including phenoxy) is 1. The zero-order valence-corrected chi connectivity index (χ0v) is 8.57. The van der Waals surface area contributed by atoms with Gasteiger partial charge in [-0.3, -0.25) is 4.79 Å². The molecule has 1 aliphatic carbocycles. The Labute approximate surface area is 88.1 Å². The summed E-state index contributed by atoms with van der Waals surface area (Å²) in [7, 11) is 0. The van der Waals surface area contributed by atoms with Gasteiger partial charge in [-0.05, 0) is 12.5 Å². The smallest absolute Gasteiger partial charge is 0.319 e. The van der Waals surface area contributed by atoms with Crippen LogP contribution in [-0.2, 0) is 14.9 Å². The van der Waals surface area contributed by atoms with Crippen molar-refractivity contribution >= 4 is 5.97 Å². The number of carbonyl (C=O) groups is 1. The second kappa shape index (κ2) is 3.65. The van der Waals surface area contributed by atoms with Crippen LogP contribution in [0.15, 0.2) is 30.3 Å². The maximum Gasteiger partial charge on any atom is 0.319 e. The Kier molecular flexibility index (Phi) is 2.47. The van der Waals surface area contributed by atoms with Gasteiger partial charge in [-0.1, -0.05) is 30.3 Å². The Morgan fingerprint density at radius 3 is 2.60 bits per heavy atom. The van der Waals surface area contributed by atoms with Gasteiger partial charge in [-0.25, -0.2) is 4.39 Å². The molecule has 15 heavy (non-hydrogen) atoms. The van der Waals surface area contributed by atoms with E-state index in [1.165, 1.54) is 0 Å². The van der Waals surface area contributed by atoms with Crippen molar-refractivity contribution in [3.8, 4) is 0 Å². The number of rotatable bonds is 3. The fourth-order valence-corrected chi connectivity index (χ4v) is 1.85. The van der Waals surface area contributed by atoms with Crippen LogP contribution < -0.4 is 0 Å². The van der Waals surface area contributed by atoms with Crippen molar-refractivity contribution in [3.05, 3.63) is 35.9 Å². The molecule has 3 heteroatoms. The molecule has 0 N–H and O–H groups in total. The van der Waals surface area contributed by atoms with Gasteiger partial charge in [0.05, 0.1) is 6.61 Å². The number of esters is 1. The summed E-state index contributed by atoms with van der Waals surface area (Å²) in [6.45, 7) is 2.02. The monoisotopic (exact) mass is 208 g/mol. The molecule has 1 aromatic rings. The second-order valence-corrected chi connectivity index (χ2v) is 3.73. The summed E-state index contributed by atoms with van der Waals surface area (Å²) in [6.07, 6.45) is -0.852. The highest BCUT2D eigenvalue weighted by molar-refractivity contribution is 5.88. The molecule has 1 fully saturated rings. The van der Waals surface area contributed by atoms with Crippen LogP contribution in [0.4, 0.5) is 4.39 Å². The highest BCUT2D eigenvalue weighted by Gasteiger charge is 2.63. The molecule has 0 spiro atoms. The summed E-state index contributed by atoms with van der Waals surface area (Å²) in [5.74, 6) is -0.441. The molecule has 1 aliphatic rings.